The van der Waals surface area contributed by atoms with Crippen molar-refractivity contribution in [2.75, 3.05) is 7.05 Å². The van der Waals surface area contributed by atoms with E-state index in [4.69, 9.17) is 9.47 Å². The molecule has 108 valence electrons. The minimum Gasteiger partial charge on any atom is -0.429 e. The minimum atomic E-state index is -0.774. The van der Waals surface area contributed by atoms with Crippen LogP contribution in [-0.2, 0) is 14.3 Å². The van der Waals surface area contributed by atoms with Crippen molar-refractivity contribution in [3.63, 3.8) is 0 Å². The van der Waals surface area contributed by atoms with Gasteiger partial charge in [-0.2, -0.15) is 0 Å². The zero-order valence-electron chi connectivity index (χ0n) is 12.7. The highest BCUT2D eigenvalue weighted by atomic mass is 16.7. The van der Waals surface area contributed by atoms with Crippen molar-refractivity contribution in [1.82, 2.24) is 4.90 Å². The Balaban J connectivity index is 2.78. The van der Waals surface area contributed by atoms with E-state index in [9.17, 15) is 9.59 Å². The molecule has 1 unspecified atom stereocenters. The van der Waals surface area contributed by atoms with E-state index in [2.05, 4.69) is 0 Å². The average Bonchev–Trinajstić information content (AvgIpc) is 2.42. The normalized spacial score (nSPS) is 20.4. The molecule has 0 saturated heterocycles. The molecule has 1 amide bonds. The molecule has 0 aromatic heterocycles. The average molecular weight is 269 g/mol. The zero-order valence-corrected chi connectivity index (χ0v) is 12.7. The van der Waals surface area contributed by atoms with Crippen LogP contribution in [0.2, 0.25) is 0 Å². The molecule has 5 heteroatoms. The van der Waals surface area contributed by atoms with Gasteiger partial charge in [-0.05, 0) is 32.3 Å². The second kappa shape index (κ2) is 4.87. The Hall–Kier alpha value is -1.52. The van der Waals surface area contributed by atoms with E-state index in [-0.39, 0.29) is 11.3 Å². The monoisotopic (exact) mass is 269 g/mol. The number of ether oxygens (including phenoxy) is 2. The van der Waals surface area contributed by atoms with Gasteiger partial charge in [-0.25, -0.2) is 4.79 Å². The molecule has 0 aromatic rings. The number of hydrogen-bond acceptors (Lipinski definition) is 4. The SMILES string of the molecule is CN1C(=O)C(C(C)(C)C)=CC1OC(=O)OC(C)(C)C. The molecule has 0 radical (unpaired) electrons. The van der Waals surface area contributed by atoms with Crippen LogP contribution in [0, 0.1) is 5.41 Å². The summed E-state index contributed by atoms with van der Waals surface area (Å²) in [6, 6.07) is 0. The molecule has 0 bridgehead atoms. The summed E-state index contributed by atoms with van der Waals surface area (Å²) in [5.41, 5.74) is -0.254. The Morgan fingerprint density at radius 3 is 2.11 bits per heavy atom. The molecule has 0 aliphatic carbocycles. The highest BCUT2D eigenvalue weighted by molar-refractivity contribution is 5.97. The molecular weight excluding hydrogens is 246 g/mol. The van der Waals surface area contributed by atoms with Gasteiger partial charge in [0.15, 0.2) is 0 Å². The molecule has 1 aliphatic rings. The Morgan fingerprint density at radius 1 is 1.21 bits per heavy atom. The quantitative estimate of drug-likeness (QED) is 0.687. The van der Waals surface area contributed by atoms with Gasteiger partial charge in [-0.1, -0.05) is 20.8 Å². The Morgan fingerprint density at radius 2 is 1.74 bits per heavy atom. The van der Waals surface area contributed by atoms with Crippen LogP contribution < -0.4 is 0 Å². The van der Waals surface area contributed by atoms with Gasteiger partial charge >= 0.3 is 6.16 Å². The number of carbonyl (C=O) groups is 2. The molecule has 1 atom stereocenters. The predicted molar refractivity (Wildman–Crippen MR) is 71.4 cm³/mol. The van der Waals surface area contributed by atoms with Crippen molar-refractivity contribution < 1.29 is 19.1 Å². The van der Waals surface area contributed by atoms with Crippen molar-refractivity contribution in [2.24, 2.45) is 5.41 Å². The van der Waals surface area contributed by atoms with Crippen molar-refractivity contribution in [1.29, 1.82) is 0 Å². The molecule has 19 heavy (non-hydrogen) atoms. The number of likely N-dealkylation sites (N-methyl/N-ethyl adjacent to an activating group) is 1. The van der Waals surface area contributed by atoms with Crippen LogP contribution in [0.1, 0.15) is 41.5 Å². The maximum atomic E-state index is 12.1. The first kappa shape index (κ1) is 15.5. The summed E-state index contributed by atoms with van der Waals surface area (Å²) in [4.78, 5) is 25.1. The van der Waals surface area contributed by atoms with Gasteiger partial charge < -0.3 is 14.4 Å². The summed E-state index contributed by atoms with van der Waals surface area (Å²) in [5.74, 6) is -0.124. The molecule has 5 nitrogen and oxygen atoms in total. The minimum absolute atomic E-state index is 0.124. The Labute approximate surface area is 114 Å². The second-order valence-electron chi connectivity index (χ2n) is 6.72. The fourth-order valence-electron chi connectivity index (χ4n) is 1.69. The van der Waals surface area contributed by atoms with E-state index in [1.54, 1.807) is 33.9 Å². The Kier molecular flexibility index (Phi) is 3.98. The number of nitrogens with zero attached hydrogens (tertiary/aromatic N) is 1. The van der Waals surface area contributed by atoms with E-state index >= 15 is 0 Å². The van der Waals surface area contributed by atoms with Crippen LogP contribution in [0.15, 0.2) is 11.6 Å². The summed E-state index contributed by atoms with van der Waals surface area (Å²) >= 11 is 0. The van der Waals surface area contributed by atoms with Crippen molar-refractivity contribution in [3.05, 3.63) is 11.6 Å². The zero-order chi connectivity index (χ0) is 15.0. The van der Waals surface area contributed by atoms with Crippen LogP contribution in [0.4, 0.5) is 4.79 Å². The lowest BCUT2D eigenvalue weighted by molar-refractivity contribution is -0.132. The van der Waals surface area contributed by atoms with Gasteiger partial charge in [-0.15, -0.1) is 0 Å². The molecule has 0 N–H and O–H groups in total. The number of rotatable bonds is 1. The third kappa shape index (κ3) is 3.98. The van der Waals surface area contributed by atoms with Crippen LogP contribution in [0.25, 0.3) is 0 Å². The lowest BCUT2D eigenvalue weighted by Gasteiger charge is -2.24. The van der Waals surface area contributed by atoms with Gasteiger partial charge in [0.2, 0.25) is 6.23 Å². The fraction of sp³-hybridized carbons (Fsp3) is 0.714. The van der Waals surface area contributed by atoms with Crippen molar-refractivity contribution in [2.45, 2.75) is 53.4 Å². The molecule has 0 aromatic carbocycles. The molecule has 1 aliphatic heterocycles. The topological polar surface area (TPSA) is 55.8 Å². The fourth-order valence-corrected chi connectivity index (χ4v) is 1.69. The highest BCUT2D eigenvalue weighted by Crippen LogP contribution is 2.32. The van der Waals surface area contributed by atoms with Gasteiger partial charge in [0.25, 0.3) is 5.91 Å². The standard InChI is InChI=1S/C14H23NO4/c1-13(2,3)9-8-10(15(7)11(9)16)18-12(17)19-14(4,5)6/h8,10H,1-7H3. The summed E-state index contributed by atoms with van der Waals surface area (Å²) in [7, 11) is 1.60. The maximum absolute atomic E-state index is 12.1. The summed E-state index contributed by atoms with van der Waals surface area (Å²) in [5, 5.41) is 0. The van der Waals surface area contributed by atoms with Crippen LogP contribution in [-0.4, -0.2) is 35.8 Å². The number of amides is 1. The maximum Gasteiger partial charge on any atom is 0.510 e. The number of carbonyl (C=O) groups excluding carboxylic acids is 2. The molecule has 1 heterocycles. The van der Waals surface area contributed by atoms with E-state index in [0.29, 0.717) is 5.57 Å². The summed E-state index contributed by atoms with van der Waals surface area (Å²) in [6.45, 7) is 11.1. The number of hydrogen-bond donors (Lipinski definition) is 0. The van der Waals surface area contributed by atoms with Crippen LogP contribution >= 0.6 is 0 Å². The van der Waals surface area contributed by atoms with E-state index < -0.39 is 18.0 Å². The van der Waals surface area contributed by atoms with Crippen LogP contribution in [0.5, 0.6) is 0 Å². The Bertz CT molecular complexity index is 412. The van der Waals surface area contributed by atoms with Gasteiger partial charge in [0.05, 0.1) is 0 Å². The van der Waals surface area contributed by atoms with E-state index in [0.717, 1.165) is 0 Å². The van der Waals surface area contributed by atoms with E-state index in [1.165, 1.54) is 4.90 Å². The largest absolute Gasteiger partial charge is 0.510 e. The van der Waals surface area contributed by atoms with E-state index in [1.807, 2.05) is 20.8 Å². The second-order valence-corrected chi connectivity index (χ2v) is 6.72. The van der Waals surface area contributed by atoms with Gasteiger partial charge in [0.1, 0.15) is 5.60 Å². The van der Waals surface area contributed by atoms with Crippen LogP contribution in [0.3, 0.4) is 0 Å². The summed E-state index contributed by atoms with van der Waals surface area (Å²) in [6.07, 6.45) is 0.201. The third-order valence-electron chi connectivity index (χ3n) is 2.66. The lowest BCUT2D eigenvalue weighted by Crippen LogP contribution is -2.36. The first-order chi connectivity index (χ1) is 8.42. The van der Waals surface area contributed by atoms with Gasteiger partial charge in [0, 0.05) is 12.6 Å². The lowest BCUT2D eigenvalue weighted by atomic mass is 9.86. The first-order valence-electron chi connectivity index (χ1n) is 6.31. The van der Waals surface area contributed by atoms with Crippen molar-refractivity contribution >= 4 is 12.1 Å². The molecular formula is C14H23NO4. The van der Waals surface area contributed by atoms with Crippen molar-refractivity contribution in [3.8, 4) is 0 Å². The predicted octanol–water partition coefficient (Wildman–Crippen LogP) is 2.71. The summed E-state index contributed by atoms with van der Waals surface area (Å²) < 4.78 is 10.2. The molecule has 0 saturated carbocycles. The molecule has 0 spiro atoms. The smallest absolute Gasteiger partial charge is 0.429 e. The first-order valence-corrected chi connectivity index (χ1v) is 6.31. The molecule has 0 fully saturated rings. The highest BCUT2D eigenvalue weighted by Gasteiger charge is 2.38. The van der Waals surface area contributed by atoms with Gasteiger partial charge in [-0.3, -0.25) is 4.79 Å². The third-order valence-corrected chi connectivity index (χ3v) is 2.66. The molecule has 1 rings (SSSR count).